The van der Waals surface area contributed by atoms with E-state index in [1.165, 1.54) is 13.3 Å². The summed E-state index contributed by atoms with van der Waals surface area (Å²) in [6, 6.07) is 3.28. The Morgan fingerprint density at radius 2 is 2.38 bits per heavy atom. The Labute approximate surface area is 106 Å². The first-order valence-electron chi connectivity index (χ1n) is 4.19. The number of methoxy groups -OCH3 is 1. The summed E-state index contributed by atoms with van der Waals surface area (Å²) in [7, 11) is 1.53. The molecule has 0 aliphatic carbocycles. The number of nitrogens with zero attached hydrogens (tertiary/aromatic N) is 1. The number of aromatic hydroxyl groups is 1. The van der Waals surface area contributed by atoms with E-state index < -0.39 is 0 Å². The summed E-state index contributed by atoms with van der Waals surface area (Å²) >= 11 is 7.77. The Morgan fingerprint density at radius 3 is 2.94 bits per heavy atom. The van der Waals surface area contributed by atoms with Gasteiger partial charge in [0.2, 0.25) is 0 Å². The number of benzene rings is 1. The van der Waals surface area contributed by atoms with Gasteiger partial charge < -0.3 is 15.6 Å². The highest BCUT2D eigenvalue weighted by molar-refractivity contribution is 9.10. The fourth-order valence-corrected chi connectivity index (χ4v) is 1.48. The number of phenols is 1. The summed E-state index contributed by atoms with van der Waals surface area (Å²) in [5.74, 6) is 0.663. The summed E-state index contributed by atoms with van der Waals surface area (Å²) < 4.78 is 5.56. The number of hydrogen-bond donors (Lipinski definition) is 3. The zero-order chi connectivity index (χ0) is 12.1. The van der Waals surface area contributed by atoms with E-state index in [0.717, 1.165) is 0 Å². The fraction of sp³-hybridized carbons (Fsp3) is 0.111. The minimum Gasteiger partial charge on any atom is -0.506 e. The van der Waals surface area contributed by atoms with E-state index in [0.29, 0.717) is 15.8 Å². The lowest BCUT2D eigenvalue weighted by atomic mass is 10.2. The maximum Gasteiger partial charge on any atom is 0.184 e. The first-order chi connectivity index (χ1) is 7.54. The molecule has 0 bridgehead atoms. The van der Waals surface area contributed by atoms with E-state index in [1.54, 1.807) is 12.1 Å². The van der Waals surface area contributed by atoms with Crippen LogP contribution in [0.15, 0.2) is 21.7 Å². The number of rotatable bonds is 3. The molecule has 1 rings (SSSR count). The Bertz CT molecular complexity index is 437. The molecule has 86 valence electrons. The molecule has 1 aromatic rings. The molecular formula is C9H10BrN3O2S. The number of nitrogens with two attached hydrogens (primary N) is 1. The van der Waals surface area contributed by atoms with Crippen LogP contribution in [0.25, 0.3) is 0 Å². The number of nitrogens with one attached hydrogen (secondary N) is 1. The van der Waals surface area contributed by atoms with Crippen molar-refractivity contribution in [2.45, 2.75) is 0 Å². The third-order valence-electron chi connectivity index (χ3n) is 1.68. The molecule has 0 fully saturated rings. The topological polar surface area (TPSA) is 79.9 Å². The standard InChI is InChI=1S/C9H10BrN3O2S/c1-15-6-2-5(4-12-13-9(11)16)8(14)7(10)3-6/h2-4,14H,1H3,(H3,11,13,16). The van der Waals surface area contributed by atoms with Gasteiger partial charge in [0.1, 0.15) is 11.5 Å². The Hall–Kier alpha value is -1.34. The second-order valence-corrected chi connectivity index (χ2v) is 4.08. The van der Waals surface area contributed by atoms with Crippen LogP contribution in [0.2, 0.25) is 0 Å². The van der Waals surface area contributed by atoms with E-state index in [2.05, 4.69) is 38.7 Å². The largest absolute Gasteiger partial charge is 0.506 e. The van der Waals surface area contributed by atoms with Gasteiger partial charge in [-0.3, -0.25) is 5.43 Å². The fourth-order valence-electron chi connectivity index (χ4n) is 0.976. The van der Waals surface area contributed by atoms with Crippen molar-refractivity contribution in [3.8, 4) is 11.5 Å². The molecule has 0 radical (unpaired) electrons. The van der Waals surface area contributed by atoms with E-state index in [-0.39, 0.29) is 10.9 Å². The lowest BCUT2D eigenvalue weighted by Gasteiger charge is -2.05. The van der Waals surface area contributed by atoms with Crippen molar-refractivity contribution in [1.82, 2.24) is 5.43 Å². The second-order valence-electron chi connectivity index (χ2n) is 2.78. The highest BCUT2D eigenvalue weighted by Gasteiger charge is 2.06. The zero-order valence-electron chi connectivity index (χ0n) is 8.40. The molecule has 0 unspecified atom stereocenters. The molecule has 4 N–H and O–H groups in total. The van der Waals surface area contributed by atoms with Crippen molar-refractivity contribution in [3.05, 3.63) is 22.2 Å². The van der Waals surface area contributed by atoms with Crippen molar-refractivity contribution < 1.29 is 9.84 Å². The minimum atomic E-state index is 0.0534. The third-order valence-corrected chi connectivity index (χ3v) is 2.38. The van der Waals surface area contributed by atoms with Gasteiger partial charge in [0, 0.05) is 5.56 Å². The van der Waals surface area contributed by atoms with Gasteiger partial charge in [0.05, 0.1) is 17.8 Å². The van der Waals surface area contributed by atoms with Crippen LogP contribution in [0.1, 0.15) is 5.56 Å². The van der Waals surface area contributed by atoms with Crippen molar-refractivity contribution in [3.63, 3.8) is 0 Å². The summed E-state index contributed by atoms with van der Waals surface area (Å²) in [4.78, 5) is 0. The molecule has 7 heteroatoms. The van der Waals surface area contributed by atoms with Crippen LogP contribution >= 0.6 is 28.1 Å². The number of hydrogen-bond acceptors (Lipinski definition) is 4. The number of ether oxygens (including phenoxy) is 1. The SMILES string of the molecule is COc1cc(Br)c(O)c(C=NNC(N)=S)c1. The van der Waals surface area contributed by atoms with E-state index >= 15 is 0 Å². The predicted molar refractivity (Wildman–Crippen MR) is 69.9 cm³/mol. The zero-order valence-corrected chi connectivity index (χ0v) is 10.8. The van der Waals surface area contributed by atoms with E-state index in [1.807, 2.05) is 0 Å². The highest BCUT2D eigenvalue weighted by Crippen LogP contribution is 2.31. The summed E-state index contributed by atoms with van der Waals surface area (Å²) in [6.45, 7) is 0. The second kappa shape index (κ2) is 5.66. The van der Waals surface area contributed by atoms with Crippen LogP contribution in [0, 0.1) is 0 Å². The maximum atomic E-state index is 9.70. The van der Waals surface area contributed by atoms with Crippen LogP contribution in [0.3, 0.4) is 0 Å². The monoisotopic (exact) mass is 303 g/mol. The summed E-state index contributed by atoms with van der Waals surface area (Å²) in [6.07, 6.45) is 1.39. The summed E-state index contributed by atoms with van der Waals surface area (Å²) in [5.41, 5.74) is 8.06. The van der Waals surface area contributed by atoms with Gasteiger partial charge in [-0.25, -0.2) is 0 Å². The quantitative estimate of drug-likeness (QED) is 0.446. The third kappa shape index (κ3) is 3.35. The lowest BCUT2D eigenvalue weighted by Crippen LogP contribution is -2.24. The van der Waals surface area contributed by atoms with Crippen molar-refractivity contribution in [1.29, 1.82) is 0 Å². The predicted octanol–water partition coefficient (Wildman–Crippen LogP) is 1.33. The molecule has 1 aromatic carbocycles. The number of phenolic OH excluding ortho intramolecular Hbond substituents is 1. The van der Waals surface area contributed by atoms with Crippen LogP contribution in [-0.4, -0.2) is 23.5 Å². The molecule has 16 heavy (non-hydrogen) atoms. The van der Waals surface area contributed by atoms with Crippen molar-refractivity contribution in [2.24, 2.45) is 10.8 Å². The average Bonchev–Trinajstić information content (AvgIpc) is 2.23. The highest BCUT2D eigenvalue weighted by atomic mass is 79.9. The molecule has 0 aliphatic rings. The Morgan fingerprint density at radius 1 is 1.69 bits per heavy atom. The van der Waals surface area contributed by atoms with E-state index in [9.17, 15) is 5.11 Å². The van der Waals surface area contributed by atoms with Gasteiger partial charge in [0.15, 0.2) is 5.11 Å². The van der Waals surface area contributed by atoms with Crippen LogP contribution in [-0.2, 0) is 0 Å². The van der Waals surface area contributed by atoms with Crippen LogP contribution in [0.5, 0.6) is 11.5 Å². The normalized spacial score (nSPS) is 10.4. The number of thiocarbonyl (C=S) groups is 1. The number of hydrazone groups is 1. The van der Waals surface area contributed by atoms with E-state index in [4.69, 9.17) is 10.5 Å². The van der Waals surface area contributed by atoms with Gasteiger partial charge in [-0.1, -0.05) is 0 Å². The average molecular weight is 304 g/mol. The van der Waals surface area contributed by atoms with Gasteiger partial charge in [-0.2, -0.15) is 5.10 Å². The molecule has 0 aliphatic heterocycles. The summed E-state index contributed by atoms with van der Waals surface area (Å²) in [5, 5.41) is 13.5. The van der Waals surface area contributed by atoms with Crippen LogP contribution < -0.4 is 15.9 Å². The molecule has 0 saturated carbocycles. The lowest BCUT2D eigenvalue weighted by molar-refractivity contribution is 0.411. The molecule has 0 spiro atoms. The van der Waals surface area contributed by atoms with Gasteiger partial charge in [-0.15, -0.1) is 0 Å². The van der Waals surface area contributed by atoms with Crippen molar-refractivity contribution >= 4 is 39.5 Å². The molecule has 0 aromatic heterocycles. The maximum absolute atomic E-state index is 9.70. The number of halogens is 1. The van der Waals surface area contributed by atoms with Gasteiger partial charge in [-0.05, 0) is 40.3 Å². The first kappa shape index (κ1) is 12.7. The molecule has 5 nitrogen and oxygen atoms in total. The molecule has 0 atom stereocenters. The first-order valence-corrected chi connectivity index (χ1v) is 5.39. The minimum absolute atomic E-state index is 0.0534. The van der Waals surface area contributed by atoms with Crippen molar-refractivity contribution in [2.75, 3.05) is 7.11 Å². The molecular weight excluding hydrogens is 294 g/mol. The molecule has 0 heterocycles. The van der Waals surface area contributed by atoms with Gasteiger partial charge >= 0.3 is 0 Å². The Balaban J connectivity index is 2.98. The smallest absolute Gasteiger partial charge is 0.184 e. The van der Waals surface area contributed by atoms with Gasteiger partial charge in [0.25, 0.3) is 0 Å². The Kier molecular flexibility index (Phi) is 4.51. The van der Waals surface area contributed by atoms with Crippen LogP contribution in [0.4, 0.5) is 0 Å². The molecule has 0 amide bonds. The molecule has 0 saturated heterocycles.